The number of carbonyl (C=O) groups is 4. The maximum atomic E-state index is 14.4. The molecule has 2 aliphatic carbocycles. The van der Waals surface area contributed by atoms with Crippen molar-refractivity contribution in [1.29, 1.82) is 0 Å². The molecule has 0 radical (unpaired) electrons. The molecule has 2 aliphatic heterocycles. The topological polar surface area (TPSA) is 133 Å². The first-order chi connectivity index (χ1) is 21.3. The van der Waals surface area contributed by atoms with Crippen LogP contribution in [0.25, 0.3) is 16.6 Å². The average Bonchev–Trinajstić information content (AvgIpc) is 3.93. The molecule has 4 N–H and O–H groups in total. The van der Waals surface area contributed by atoms with E-state index in [-0.39, 0.29) is 29.7 Å². The number of amides is 4. The summed E-state index contributed by atoms with van der Waals surface area (Å²) in [6.07, 6.45) is 4.32. The maximum absolute atomic E-state index is 14.4. The fraction of sp³-hybridized carbons (Fsp3) is 0.471. The van der Waals surface area contributed by atoms with Crippen molar-refractivity contribution in [3.8, 4) is 5.69 Å². The predicted molar refractivity (Wildman–Crippen MR) is 164 cm³/mol. The van der Waals surface area contributed by atoms with Crippen LogP contribution >= 0.6 is 0 Å². The monoisotopic (exact) mass is 597 g/mol. The highest BCUT2D eigenvalue weighted by Crippen LogP contribution is 2.55. The van der Waals surface area contributed by atoms with Gasteiger partial charge >= 0.3 is 0 Å². The highest BCUT2D eigenvalue weighted by atomic mass is 16.3. The second-order valence-corrected chi connectivity index (χ2v) is 13.1. The smallest absolute Gasteiger partial charge is 0.271 e. The van der Waals surface area contributed by atoms with Gasteiger partial charge in [-0.25, -0.2) is 0 Å². The molecule has 2 saturated carbocycles. The van der Waals surface area contributed by atoms with Gasteiger partial charge in [0.05, 0.1) is 11.6 Å². The molecule has 3 heterocycles. The number of benzene rings is 2. The zero-order valence-electron chi connectivity index (χ0n) is 24.7. The summed E-state index contributed by atoms with van der Waals surface area (Å²) in [4.78, 5) is 55.6. The minimum atomic E-state index is -1.50. The van der Waals surface area contributed by atoms with Crippen molar-refractivity contribution in [2.75, 3.05) is 13.1 Å². The van der Waals surface area contributed by atoms with E-state index in [1.165, 1.54) is 0 Å². The number of para-hydroxylation sites is 2. The Labute approximate surface area is 256 Å². The number of nitrogens with zero attached hydrogens (tertiary/aromatic N) is 2. The van der Waals surface area contributed by atoms with Crippen LogP contribution in [0.15, 0.2) is 60.7 Å². The number of piperidine rings is 1. The fourth-order valence-electron chi connectivity index (χ4n) is 6.98. The van der Waals surface area contributed by atoms with Crippen molar-refractivity contribution in [1.82, 2.24) is 25.4 Å². The van der Waals surface area contributed by atoms with Crippen LogP contribution in [0.1, 0.15) is 61.9 Å². The molecule has 10 heteroatoms. The van der Waals surface area contributed by atoms with Crippen molar-refractivity contribution in [3.05, 3.63) is 66.4 Å². The Kier molecular flexibility index (Phi) is 7.40. The van der Waals surface area contributed by atoms with Gasteiger partial charge in [-0.2, -0.15) is 0 Å². The second kappa shape index (κ2) is 11.4. The number of nitrogens with one attached hydrogen (secondary N) is 3. The molecule has 4 fully saturated rings. The van der Waals surface area contributed by atoms with E-state index in [9.17, 15) is 24.3 Å². The van der Waals surface area contributed by atoms with Gasteiger partial charge in [0, 0.05) is 36.1 Å². The first kappa shape index (κ1) is 28.6. The predicted octanol–water partition coefficient (Wildman–Crippen LogP) is 2.67. The van der Waals surface area contributed by atoms with Gasteiger partial charge in [0.2, 0.25) is 11.8 Å². The van der Waals surface area contributed by atoms with Crippen molar-refractivity contribution in [2.45, 2.75) is 75.6 Å². The lowest BCUT2D eigenvalue weighted by Crippen LogP contribution is -2.59. The van der Waals surface area contributed by atoms with E-state index in [4.69, 9.17) is 0 Å². The van der Waals surface area contributed by atoms with Gasteiger partial charge in [0.15, 0.2) is 6.10 Å². The Morgan fingerprint density at radius 1 is 1.00 bits per heavy atom. The molecule has 4 aliphatic rings. The SMILES string of the molecule is O=C(NC1CC1)C(O)[C@H](C[C@@H]1CCNC1=O)NC(=O)[C@@H]1CC2(CCN1C(=O)c1cc3ccccc3n1-c1ccccc1)CC2. The Morgan fingerprint density at radius 2 is 1.75 bits per heavy atom. The highest BCUT2D eigenvalue weighted by molar-refractivity contribution is 6.02. The van der Waals surface area contributed by atoms with Crippen LogP contribution in [0.5, 0.6) is 0 Å². The largest absolute Gasteiger partial charge is 0.381 e. The van der Waals surface area contributed by atoms with Crippen molar-refractivity contribution >= 4 is 34.5 Å². The van der Waals surface area contributed by atoms with Crippen LogP contribution in [0.4, 0.5) is 0 Å². The molecule has 3 aromatic rings. The number of hydrogen-bond donors (Lipinski definition) is 4. The van der Waals surface area contributed by atoms with Crippen LogP contribution in [0.3, 0.4) is 0 Å². The van der Waals surface area contributed by atoms with E-state index in [1.807, 2.05) is 65.2 Å². The molecule has 10 nitrogen and oxygen atoms in total. The zero-order valence-corrected chi connectivity index (χ0v) is 24.7. The quantitative estimate of drug-likeness (QED) is 0.301. The Balaban J connectivity index is 1.18. The number of aliphatic hydroxyl groups excluding tert-OH is 1. The first-order valence-corrected chi connectivity index (χ1v) is 15.9. The van der Waals surface area contributed by atoms with Crippen LogP contribution in [0, 0.1) is 11.3 Å². The van der Waals surface area contributed by atoms with Crippen LogP contribution in [-0.4, -0.2) is 75.5 Å². The number of likely N-dealkylation sites (tertiary alicyclic amines) is 1. The number of carbonyl (C=O) groups excluding carboxylic acids is 4. The van der Waals surface area contributed by atoms with E-state index < -0.39 is 35.9 Å². The van der Waals surface area contributed by atoms with Crippen LogP contribution < -0.4 is 16.0 Å². The van der Waals surface area contributed by atoms with Gasteiger partial charge in [0.25, 0.3) is 11.8 Å². The summed E-state index contributed by atoms with van der Waals surface area (Å²) in [6.45, 7) is 0.963. The van der Waals surface area contributed by atoms with Crippen molar-refractivity contribution in [3.63, 3.8) is 0 Å². The van der Waals surface area contributed by atoms with Crippen molar-refractivity contribution < 1.29 is 24.3 Å². The summed E-state index contributed by atoms with van der Waals surface area (Å²) in [5.41, 5.74) is 2.27. The van der Waals surface area contributed by atoms with Gasteiger partial charge < -0.3 is 30.5 Å². The molecule has 2 aromatic carbocycles. The minimum Gasteiger partial charge on any atom is -0.381 e. The Bertz CT molecular complexity index is 1590. The van der Waals surface area contributed by atoms with Gasteiger partial charge in [0.1, 0.15) is 11.7 Å². The summed E-state index contributed by atoms with van der Waals surface area (Å²) < 4.78 is 1.95. The molecule has 4 atom stereocenters. The molecule has 1 aromatic heterocycles. The summed E-state index contributed by atoms with van der Waals surface area (Å²) >= 11 is 0. The lowest BCUT2D eigenvalue weighted by atomic mass is 9.86. The lowest BCUT2D eigenvalue weighted by molar-refractivity contribution is -0.135. The number of hydrogen-bond acceptors (Lipinski definition) is 5. The molecular formula is C34H39N5O5. The maximum Gasteiger partial charge on any atom is 0.271 e. The fourth-order valence-corrected chi connectivity index (χ4v) is 6.98. The second-order valence-electron chi connectivity index (χ2n) is 13.1. The standard InChI is InChI=1S/C34H39N5O5/c40-29(32(43)36-23-10-11-23)25(18-22-12-16-35-30(22)41)37-31(42)28-20-34(13-14-34)15-17-38(28)33(44)27-19-21-6-4-5-9-26(21)39(27)24-7-2-1-3-8-24/h1-9,19,22-23,25,28-29,40H,10-18,20H2,(H,35,41)(H,36,43)(H,37,42)/t22-,25-,28-,29?/m0/s1. The summed E-state index contributed by atoms with van der Waals surface area (Å²) in [5.74, 6) is -1.73. The van der Waals surface area contributed by atoms with E-state index in [0.717, 1.165) is 48.7 Å². The van der Waals surface area contributed by atoms with E-state index in [0.29, 0.717) is 31.6 Å². The van der Waals surface area contributed by atoms with E-state index >= 15 is 0 Å². The number of rotatable bonds is 9. The molecule has 4 amide bonds. The third kappa shape index (κ3) is 5.58. The van der Waals surface area contributed by atoms with Crippen molar-refractivity contribution in [2.24, 2.45) is 11.3 Å². The summed E-state index contributed by atoms with van der Waals surface area (Å²) in [5, 5.41) is 20.6. The van der Waals surface area contributed by atoms with E-state index in [1.54, 1.807) is 4.90 Å². The van der Waals surface area contributed by atoms with Gasteiger partial charge in [-0.3, -0.25) is 19.2 Å². The summed E-state index contributed by atoms with van der Waals surface area (Å²) in [6, 6.07) is 17.8. The molecule has 1 unspecified atom stereocenters. The molecule has 230 valence electrons. The van der Waals surface area contributed by atoms with Gasteiger partial charge in [-0.15, -0.1) is 0 Å². The first-order valence-electron chi connectivity index (χ1n) is 15.9. The molecule has 1 spiro atoms. The van der Waals surface area contributed by atoms with Crippen LogP contribution in [-0.2, 0) is 14.4 Å². The highest BCUT2D eigenvalue weighted by Gasteiger charge is 2.52. The van der Waals surface area contributed by atoms with Gasteiger partial charge in [-0.1, -0.05) is 36.4 Å². The molecule has 7 rings (SSSR count). The third-order valence-electron chi connectivity index (χ3n) is 9.95. The minimum absolute atomic E-state index is 0.0354. The van der Waals surface area contributed by atoms with Gasteiger partial charge in [-0.05, 0) is 81.0 Å². The third-order valence-corrected chi connectivity index (χ3v) is 9.95. The van der Waals surface area contributed by atoms with Crippen LogP contribution in [0.2, 0.25) is 0 Å². The lowest BCUT2D eigenvalue weighted by Gasteiger charge is -2.40. The molecule has 44 heavy (non-hydrogen) atoms. The zero-order chi connectivity index (χ0) is 30.4. The number of aromatic nitrogens is 1. The summed E-state index contributed by atoms with van der Waals surface area (Å²) in [7, 11) is 0. The number of aliphatic hydroxyl groups is 1. The normalized spacial score (nSPS) is 23.7. The van der Waals surface area contributed by atoms with E-state index in [2.05, 4.69) is 16.0 Å². The Hall–Kier alpha value is -4.18. The number of fused-ring (bicyclic) bond motifs is 1. The molecular weight excluding hydrogens is 558 g/mol. The molecule has 0 bridgehead atoms. The average molecular weight is 598 g/mol. The Morgan fingerprint density at radius 3 is 2.45 bits per heavy atom. The molecule has 2 saturated heterocycles.